The Labute approximate surface area is 124 Å². The quantitative estimate of drug-likeness (QED) is 0.560. The molecule has 0 saturated heterocycles. The summed E-state index contributed by atoms with van der Waals surface area (Å²) in [4.78, 5) is 0. The minimum absolute atomic E-state index is 0.00157. The van der Waals surface area contributed by atoms with E-state index < -0.39 is 5.82 Å². The lowest BCUT2D eigenvalue weighted by molar-refractivity contribution is 0.192. The summed E-state index contributed by atoms with van der Waals surface area (Å²) in [6, 6.07) is 2.85. The van der Waals surface area contributed by atoms with Crippen LogP contribution >= 0.6 is 23.2 Å². The molecule has 1 aromatic carbocycles. The summed E-state index contributed by atoms with van der Waals surface area (Å²) in [6.45, 7) is 3.62. The summed E-state index contributed by atoms with van der Waals surface area (Å²) >= 11 is 11.7. The van der Waals surface area contributed by atoms with E-state index in [1.54, 1.807) is 7.11 Å². The molecule has 0 bridgehead atoms. The molecule has 108 valence electrons. The van der Waals surface area contributed by atoms with Gasteiger partial charge in [0.15, 0.2) is 0 Å². The predicted molar refractivity (Wildman–Crippen MR) is 78.6 cm³/mol. The van der Waals surface area contributed by atoms with Crippen molar-refractivity contribution in [3.63, 3.8) is 0 Å². The number of rotatable bonds is 8. The second-order valence-electron chi connectivity index (χ2n) is 4.52. The van der Waals surface area contributed by atoms with E-state index in [2.05, 4.69) is 5.32 Å². The molecule has 0 radical (unpaired) electrons. The summed E-state index contributed by atoms with van der Waals surface area (Å²) in [6.07, 6.45) is 3.22. The molecule has 1 N–H and O–H groups in total. The third kappa shape index (κ3) is 5.65. The van der Waals surface area contributed by atoms with Crippen molar-refractivity contribution < 1.29 is 9.13 Å². The lowest BCUT2D eigenvalue weighted by Gasteiger charge is -2.16. The molecule has 0 heterocycles. The van der Waals surface area contributed by atoms with E-state index in [-0.39, 0.29) is 11.1 Å². The molecular weight excluding hydrogens is 288 g/mol. The van der Waals surface area contributed by atoms with Crippen molar-refractivity contribution >= 4 is 23.2 Å². The highest BCUT2D eigenvalue weighted by Gasteiger charge is 2.12. The number of nitrogens with one attached hydrogen (secondary N) is 1. The van der Waals surface area contributed by atoms with Crippen LogP contribution in [-0.4, -0.2) is 20.3 Å². The molecule has 2 nitrogen and oxygen atoms in total. The third-order valence-corrected chi connectivity index (χ3v) is 3.60. The minimum atomic E-state index is -0.435. The van der Waals surface area contributed by atoms with Gasteiger partial charge in [0, 0.05) is 24.8 Å². The smallest absolute Gasteiger partial charge is 0.142 e. The van der Waals surface area contributed by atoms with Crippen molar-refractivity contribution in [2.45, 2.75) is 32.2 Å². The molecule has 0 fully saturated rings. The summed E-state index contributed by atoms with van der Waals surface area (Å²) in [5.74, 6) is -0.435. The molecule has 5 heteroatoms. The van der Waals surface area contributed by atoms with Crippen LogP contribution in [-0.2, 0) is 4.74 Å². The monoisotopic (exact) mass is 307 g/mol. The Kier molecular flexibility index (Phi) is 7.69. The van der Waals surface area contributed by atoms with Gasteiger partial charge in [-0.3, -0.25) is 0 Å². The number of ether oxygens (including phenoxy) is 1. The second-order valence-corrected chi connectivity index (χ2v) is 5.33. The maximum Gasteiger partial charge on any atom is 0.142 e. The van der Waals surface area contributed by atoms with Gasteiger partial charge in [-0.15, -0.1) is 0 Å². The summed E-state index contributed by atoms with van der Waals surface area (Å²) in [5.41, 5.74) is 0.737. The van der Waals surface area contributed by atoms with Crippen LogP contribution in [0.25, 0.3) is 0 Å². The van der Waals surface area contributed by atoms with Gasteiger partial charge in [0.05, 0.1) is 5.02 Å². The van der Waals surface area contributed by atoms with E-state index in [0.717, 1.165) is 38.0 Å². The first kappa shape index (κ1) is 16.7. The van der Waals surface area contributed by atoms with Gasteiger partial charge >= 0.3 is 0 Å². The Hall–Kier alpha value is -0.350. The predicted octanol–water partition coefficient (Wildman–Crippen LogP) is 4.60. The zero-order chi connectivity index (χ0) is 14.3. The fraction of sp³-hybridized carbons (Fsp3) is 0.571. The van der Waals surface area contributed by atoms with Gasteiger partial charge in [0.25, 0.3) is 0 Å². The van der Waals surface area contributed by atoms with Crippen molar-refractivity contribution in [2.75, 3.05) is 20.3 Å². The van der Waals surface area contributed by atoms with Gasteiger partial charge in [-0.1, -0.05) is 23.2 Å². The molecular formula is C14H20Cl2FNO. The Morgan fingerprint density at radius 1 is 1.21 bits per heavy atom. The van der Waals surface area contributed by atoms with E-state index in [1.165, 1.54) is 12.1 Å². The molecule has 0 spiro atoms. The summed E-state index contributed by atoms with van der Waals surface area (Å²) < 4.78 is 18.4. The highest BCUT2D eigenvalue weighted by molar-refractivity contribution is 6.35. The van der Waals surface area contributed by atoms with Gasteiger partial charge in [0.2, 0.25) is 0 Å². The highest BCUT2D eigenvalue weighted by atomic mass is 35.5. The Morgan fingerprint density at radius 2 is 1.95 bits per heavy atom. The number of benzene rings is 1. The van der Waals surface area contributed by atoms with Crippen LogP contribution in [0.2, 0.25) is 10.0 Å². The summed E-state index contributed by atoms with van der Waals surface area (Å²) in [7, 11) is 1.71. The topological polar surface area (TPSA) is 21.3 Å². The maximum atomic E-state index is 13.4. The summed E-state index contributed by atoms with van der Waals surface area (Å²) in [5, 5.41) is 3.88. The molecule has 0 aliphatic carbocycles. The van der Waals surface area contributed by atoms with Gasteiger partial charge in [-0.2, -0.15) is 0 Å². The number of hydrogen-bond donors (Lipinski definition) is 1. The number of methoxy groups -OCH3 is 1. The van der Waals surface area contributed by atoms with Gasteiger partial charge < -0.3 is 10.1 Å². The second kappa shape index (κ2) is 8.75. The average molecular weight is 308 g/mol. The van der Waals surface area contributed by atoms with Crippen LogP contribution in [0.3, 0.4) is 0 Å². The van der Waals surface area contributed by atoms with E-state index in [0.29, 0.717) is 5.02 Å². The van der Waals surface area contributed by atoms with Crippen molar-refractivity contribution in [2.24, 2.45) is 0 Å². The van der Waals surface area contributed by atoms with Crippen molar-refractivity contribution in [3.8, 4) is 0 Å². The molecule has 1 unspecified atom stereocenters. The van der Waals surface area contributed by atoms with E-state index in [1.807, 2.05) is 6.92 Å². The fourth-order valence-corrected chi connectivity index (χ4v) is 2.39. The third-order valence-electron chi connectivity index (χ3n) is 2.98. The molecule has 0 aromatic heterocycles. The lowest BCUT2D eigenvalue weighted by atomic mass is 10.1. The zero-order valence-corrected chi connectivity index (χ0v) is 12.8. The van der Waals surface area contributed by atoms with Crippen LogP contribution in [0.15, 0.2) is 12.1 Å². The molecule has 1 aromatic rings. The van der Waals surface area contributed by atoms with Crippen LogP contribution in [0.1, 0.15) is 37.8 Å². The van der Waals surface area contributed by atoms with E-state index >= 15 is 0 Å². The first-order valence-corrected chi connectivity index (χ1v) is 7.18. The standard InChI is InChI=1S/C14H20Cl2FNO/c1-10(18-6-4-3-5-7-19-2)11-8-14(17)13(16)9-12(11)15/h8-10,18H,3-7H2,1-2H3. The Balaban J connectivity index is 2.41. The number of halogens is 3. The van der Waals surface area contributed by atoms with E-state index in [9.17, 15) is 4.39 Å². The van der Waals surface area contributed by atoms with Gasteiger partial charge in [-0.05, 0) is 50.4 Å². The lowest BCUT2D eigenvalue weighted by Crippen LogP contribution is -2.20. The average Bonchev–Trinajstić information content (AvgIpc) is 2.37. The molecule has 1 rings (SSSR count). The van der Waals surface area contributed by atoms with E-state index in [4.69, 9.17) is 27.9 Å². The molecule has 19 heavy (non-hydrogen) atoms. The van der Waals surface area contributed by atoms with Crippen LogP contribution in [0.5, 0.6) is 0 Å². The Bertz CT molecular complexity index is 401. The van der Waals surface area contributed by atoms with Crippen LogP contribution < -0.4 is 5.32 Å². The first-order chi connectivity index (χ1) is 9.06. The fourth-order valence-electron chi connectivity index (χ4n) is 1.85. The van der Waals surface area contributed by atoms with Crippen molar-refractivity contribution in [1.82, 2.24) is 5.32 Å². The zero-order valence-electron chi connectivity index (χ0n) is 11.3. The molecule has 0 aliphatic heterocycles. The molecule has 0 aliphatic rings. The largest absolute Gasteiger partial charge is 0.385 e. The number of unbranched alkanes of at least 4 members (excludes halogenated alkanes) is 2. The van der Waals surface area contributed by atoms with Gasteiger partial charge in [0.1, 0.15) is 5.82 Å². The SMILES string of the molecule is COCCCCCNC(C)c1cc(F)c(Cl)cc1Cl. The Morgan fingerprint density at radius 3 is 2.63 bits per heavy atom. The maximum absolute atomic E-state index is 13.4. The number of hydrogen-bond acceptors (Lipinski definition) is 2. The van der Waals surface area contributed by atoms with Crippen molar-refractivity contribution in [1.29, 1.82) is 0 Å². The molecule has 0 amide bonds. The van der Waals surface area contributed by atoms with Gasteiger partial charge in [-0.25, -0.2) is 4.39 Å². The molecule has 1 atom stereocenters. The van der Waals surface area contributed by atoms with Crippen molar-refractivity contribution in [3.05, 3.63) is 33.6 Å². The normalized spacial score (nSPS) is 12.7. The first-order valence-electron chi connectivity index (χ1n) is 6.43. The van der Waals surface area contributed by atoms with Crippen LogP contribution in [0, 0.1) is 5.82 Å². The molecule has 0 saturated carbocycles. The van der Waals surface area contributed by atoms with Crippen LogP contribution in [0.4, 0.5) is 4.39 Å². The minimum Gasteiger partial charge on any atom is -0.385 e. The highest BCUT2D eigenvalue weighted by Crippen LogP contribution is 2.28.